The van der Waals surface area contributed by atoms with Gasteiger partial charge in [-0.15, -0.1) is 0 Å². The van der Waals surface area contributed by atoms with Gasteiger partial charge in [0.15, 0.2) is 5.82 Å². The predicted octanol–water partition coefficient (Wildman–Crippen LogP) is 0.498. The maximum atomic E-state index is 13.5. The van der Waals surface area contributed by atoms with Crippen LogP contribution in [0.25, 0.3) is 0 Å². The summed E-state index contributed by atoms with van der Waals surface area (Å²) in [5.74, 6) is -1.86. The second-order valence-electron chi connectivity index (χ2n) is 4.22. The molecule has 1 fully saturated rings. The smallest absolute Gasteiger partial charge is 0.244 e. The van der Waals surface area contributed by atoms with Gasteiger partial charge in [-0.25, -0.2) is 8.78 Å². The number of nitrogens with two attached hydrogens (primary N) is 1. The molecule has 104 valence electrons. The first-order valence-corrected chi connectivity index (χ1v) is 5.85. The van der Waals surface area contributed by atoms with E-state index in [1.165, 1.54) is 7.05 Å². The van der Waals surface area contributed by atoms with Crippen molar-refractivity contribution in [2.24, 2.45) is 0 Å². The summed E-state index contributed by atoms with van der Waals surface area (Å²) in [6, 6.07) is 1.19. The molecule has 0 aromatic heterocycles. The third-order valence-electron chi connectivity index (χ3n) is 3.06. The number of hydrogen-bond acceptors (Lipinski definition) is 4. The molecule has 0 radical (unpaired) electrons. The number of hydrogen-bond donors (Lipinski definition) is 2. The van der Waals surface area contributed by atoms with E-state index in [0.717, 1.165) is 6.07 Å². The summed E-state index contributed by atoms with van der Waals surface area (Å²) >= 11 is 0. The third-order valence-corrected chi connectivity index (χ3v) is 3.06. The Morgan fingerprint density at radius 1 is 1.53 bits per heavy atom. The largest absolute Gasteiger partial charge is 0.395 e. The average molecular weight is 271 g/mol. The zero-order chi connectivity index (χ0) is 14.0. The van der Waals surface area contributed by atoms with E-state index < -0.39 is 17.7 Å². The van der Waals surface area contributed by atoms with E-state index in [4.69, 9.17) is 10.5 Å². The van der Waals surface area contributed by atoms with Gasteiger partial charge in [0.2, 0.25) is 5.91 Å². The molecule has 19 heavy (non-hydrogen) atoms. The van der Waals surface area contributed by atoms with E-state index in [2.05, 4.69) is 5.32 Å². The van der Waals surface area contributed by atoms with Gasteiger partial charge in [0.1, 0.15) is 11.9 Å². The highest BCUT2D eigenvalue weighted by molar-refractivity contribution is 5.87. The zero-order valence-corrected chi connectivity index (χ0v) is 10.5. The summed E-state index contributed by atoms with van der Waals surface area (Å²) in [4.78, 5) is 13.3. The van der Waals surface area contributed by atoms with Gasteiger partial charge in [0.25, 0.3) is 0 Å². The van der Waals surface area contributed by atoms with E-state index in [9.17, 15) is 13.6 Å². The zero-order valence-electron chi connectivity index (χ0n) is 10.5. The van der Waals surface area contributed by atoms with Crippen molar-refractivity contribution in [3.05, 3.63) is 23.8 Å². The van der Waals surface area contributed by atoms with Crippen molar-refractivity contribution >= 4 is 17.3 Å². The highest BCUT2D eigenvalue weighted by Gasteiger charge is 2.31. The number of nitrogens with one attached hydrogen (secondary N) is 1. The fourth-order valence-electron chi connectivity index (χ4n) is 2.08. The topological polar surface area (TPSA) is 67.6 Å². The van der Waals surface area contributed by atoms with Crippen molar-refractivity contribution in [2.45, 2.75) is 6.04 Å². The Hall–Kier alpha value is -1.89. The molecule has 1 amide bonds. The molecule has 7 heteroatoms. The molecule has 1 aromatic carbocycles. The van der Waals surface area contributed by atoms with Crippen LogP contribution in [0.1, 0.15) is 0 Å². The van der Waals surface area contributed by atoms with Crippen LogP contribution < -0.4 is 16.0 Å². The van der Waals surface area contributed by atoms with E-state index in [1.54, 1.807) is 4.90 Å². The molecule has 1 aliphatic rings. The molecule has 0 saturated carbocycles. The van der Waals surface area contributed by atoms with Crippen molar-refractivity contribution in [1.29, 1.82) is 0 Å². The number of benzene rings is 1. The minimum absolute atomic E-state index is 0.150. The van der Waals surface area contributed by atoms with Gasteiger partial charge in [0, 0.05) is 19.7 Å². The lowest BCUT2D eigenvalue weighted by Crippen LogP contribution is -2.53. The molecule has 2 rings (SSSR count). The van der Waals surface area contributed by atoms with E-state index >= 15 is 0 Å². The first kappa shape index (κ1) is 13.5. The van der Waals surface area contributed by atoms with Crippen molar-refractivity contribution in [1.82, 2.24) is 5.32 Å². The second kappa shape index (κ2) is 5.40. The number of ether oxygens (including phenoxy) is 1. The monoisotopic (exact) mass is 271 g/mol. The Bertz CT molecular complexity index is 496. The number of amides is 1. The molecule has 0 bridgehead atoms. The molecule has 0 spiro atoms. The summed E-state index contributed by atoms with van der Waals surface area (Å²) in [5.41, 5.74) is 5.64. The number of anilines is 2. The Morgan fingerprint density at radius 2 is 2.26 bits per heavy atom. The van der Waals surface area contributed by atoms with Gasteiger partial charge in [-0.2, -0.15) is 0 Å². The summed E-state index contributed by atoms with van der Waals surface area (Å²) in [5, 5.41) is 2.49. The van der Waals surface area contributed by atoms with Crippen LogP contribution >= 0.6 is 0 Å². The van der Waals surface area contributed by atoms with E-state index in [1.807, 2.05) is 0 Å². The normalized spacial score (nSPS) is 19.3. The van der Waals surface area contributed by atoms with Crippen molar-refractivity contribution in [2.75, 3.05) is 37.4 Å². The maximum Gasteiger partial charge on any atom is 0.244 e. The minimum Gasteiger partial charge on any atom is -0.395 e. The lowest BCUT2D eigenvalue weighted by Gasteiger charge is -2.36. The summed E-state index contributed by atoms with van der Waals surface area (Å²) in [6.07, 6.45) is 0. The Balaban J connectivity index is 2.40. The van der Waals surface area contributed by atoms with Crippen LogP contribution in [-0.2, 0) is 9.53 Å². The van der Waals surface area contributed by atoms with Crippen molar-refractivity contribution in [3.63, 3.8) is 0 Å². The van der Waals surface area contributed by atoms with Crippen LogP contribution in [0.3, 0.4) is 0 Å². The minimum atomic E-state index is -0.836. The quantitative estimate of drug-likeness (QED) is 0.769. The molecule has 5 nitrogen and oxygen atoms in total. The first-order chi connectivity index (χ1) is 9.04. The second-order valence-corrected chi connectivity index (χ2v) is 4.22. The molecular formula is C12H15F2N3O2. The lowest BCUT2D eigenvalue weighted by molar-refractivity contribution is -0.124. The molecule has 1 atom stereocenters. The van der Waals surface area contributed by atoms with Crippen molar-refractivity contribution < 1.29 is 18.3 Å². The number of morpholine rings is 1. The third kappa shape index (κ3) is 2.60. The summed E-state index contributed by atoms with van der Waals surface area (Å²) in [6.45, 7) is 0.855. The molecule has 1 unspecified atom stereocenters. The summed E-state index contributed by atoms with van der Waals surface area (Å²) in [7, 11) is 1.49. The number of nitrogen functional groups attached to an aromatic ring is 1. The van der Waals surface area contributed by atoms with Gasteiger partial charge in [-0.3, -0.25) is 4.79 Å². The molecule has 3 N–H and O–H groups in total. The van der Waals surface area contributed by atoms with Crippen LogP contribution in [0.15, 0.2) is 12.1 Å². The van der Waals surface area contributed by atoms with Crippen LogP contribution in [0.2, 0.25) is 0 Å². The van der Waals surface area contributed by atoms with Gasteiger partial charge < -0.3 is 20.7 Å². The van der Waals surface area contributed by atoms with Gasteiger partial charge in [-0.05, 0) is 6.07 Å². The molecule has 1 heterocycles. The standard InChI is InChI=1S/C12H15F2N3O2/c1-16-12(18)10-6-19-3-2-17(10)9-5-7(13)4-8(14)11(9)15/h4-5,10H,2-3,6,15H2,1H3,(H,16,18). The predicted molar refractivity (Wildman–Crippen MR) is 66.8 cm³/mol. The molecule has 0 aliphatic carbocycles. The van der Waals surface area contributed by atoms with Crippen molar-refractivity contribution in [3.8, 4) is 0 Å². The van der Waals surface area contributed by atoms with E-state index in [0.29, 0.717) is 19.2 Å². The molecular weight excluding hydrogens is 256 g/mol. The van der Waals surface area contributed by atoms with Crippen LogP contribution in [-0.4, -0.2) is 38.8 Å². The fraction of sp³-hybridized carbons (Fsp3) is 0.417. The number of carbonyl (C=O) groups is 1. The Labute approximate surface area is 109 Å². The summed E-state index contributed by atoms with van der Waals surface area (Å²) < 4.78 is 32.0. The number of halogens is 2. The molecule has 1 aromatic rings. The maximum absolute atomic E-state index is 13.5. The number of rotatable bonds is 2. The molecule has 1 saturated heterocycles. The highest BCUT2D eigenvalue weighted by atomic mass is 19.1. The van der Waals surface area contributed by atoms with Crippen LogP contribution in [0, 0.1) is 11.6 Å². The Kier molecular flexibility index (Phi) is 3.84. The SMILES string of the molecule is CNC(=O)C1COCCN1c1cc(F)cc(F)c1N. The average Bonchev–Trinajstić information content (AvgIpc) is 2.42. The van der Waals surface area contributed by atoms with E-state index in [-0.39, 0.29) is 23.9 Å². The van der Waals surface area contributed by atoms with Crippen LogP contribution in [0.4, 0.5) is 20.2 Å². The van der Waals surface area contributed by atoms with Gasteiger partial charge in [-0.1, -0.05) is 0 Å². The fourth-order valence-corrected chi connectivity index (χ4v) is 2.08. The lowest BCUT2D eigenvalue weighted by atomic mass is 10.1. The first-order valence-electron chi connectivity index (χ1n) is 5.85. The number of carbonyl (C=O) groups excluding carboxylic acids is 1. The molecule has 1 aliphatic heterocycles. The van der Waals surface area contributed by atoms with Gasteiger partial charge in [0.05, 0.1) is 24.6 Å². The number of nitrogens with zero attached hydrogens (tertiary/aromatic N) is 1. The van der Waals surface area contributed by atoms with Crippen LogP contribution in [0.5, 0.6) is 0 Å². The number of likely N-dealkylation sites (N-methyl/N-ethyl adjacent to an activating group) is 1. The van der Waals surface area contributed by atoms with Gasteiger partial charge >= 0.3 is 0 Å². The Morgan fingerprint density at radius 3 is 2.95 bits per heavy atom. The highest BCUT2D eigenvalue weighted by Crippen LogP contribution is 2.29.